The van der Waals surface area contributed by atoms with Gasteiger partial charge < -0.3 is 26.1 Å². The molecule has 1 aromatic carbocycles. The van der Waals surface area contributed by atoms with Crippen molar-refractivity contribution in [1.82, 2.24) is 25.5 Å². The maximum Gasteiger partial charge on any atom is 0.434 e. The van der Waals surface area contributed by atoms with Crippen molar-refractivity contribution in [2.45, 2.75) is 70.4 Å². The minimum absolute atomic E-state index is 0.0511. The fraction of sp³-hybridized carbons (Fsp3) is 0.586. The molecule has 2 saturated heterocycles. The number of nitrogens with two attached hydrogens (primary N) is 1. The van der Waals surface area contributed by atoms with Gasteiger partial charge in [0.05, 0.1) is 0 Å². The predicted molar refractivity (Wildman–Crippen MR) is 161 cm³/mol. The van der Waals surface area contributed by atoms with Gasteiger partial charge in [0, 0.05) is 75.6 Å². The molecule has 0 aliphatic carbocycles. The van der Waals surface area contributed by atoms with Gasteiger partial charge in [-0.15, -0.1) is 5.06 Å². The summed E-state index contributed by atoms with van der Waals surface area (Å²) in [6, 6.07) is 6.55. The summed E-state index contributed by atoms with van der Waals surface area (Å²) in [6.45, 7) is 3.41. The van der Waals surface area contributed by atoms with Crippen LogP contribution in [0.3, 0.4) is 0 Å². The molecule has 0 unspecified atom stereocenters. The smallest absolute Gasteiger partial charge is 0.368 e. The van der Waals surface area contributed by atoms with Crippen LogP contribution in [-0.2, 0) is 30.6 Å². The second-order valence-electron chi connectivity index (χ2n) is 10.9. The van der Waals surface area contributed by atoms with Crippen molar-refractivity contribution in [3.63, 3.8) is 0 Å². The Hall–Kier alpha value is -4.69. The Morgan fingerprint density at radius 3 is 2.29 bits per heavy atom. The molecule has 244 valence electrons. The molecule has 2 aliphatic heterocycles. The molecular formula is C29H41N9O7. The number of hydrogen-bond donors (Lipinski definition) is 3. The Labute approximate surface area is 261 Å². The van der Waals surface area contributed by atoms with Crippen LogP contribution in [0.5, 0.6) is 0 Å². The number of azide groups is 1. The van der Waals surface area contributed by atoms with Crippen molar-refractivity contribution in [2.75, 3.05) is 39.3 Å². The molecule has 0 saturated carbocycles. The van der Waals surface area contributed by atoms with Crippen molar-refractivity contribution in [3.05, 3.63) is 45.8 Å². The largest absolute Gasteiger partial charge is 0.434 e. The van der Waals surface area contributed by atoms with Crippen LogP contribution in [0.2, 0.25) is 0 Å². The molecule has 2 fully saturated rings. The van der Waals surface area contributed by atoms with Crippen LogP contribution in [-0.4, -0.2) is 95.8 Å². The number of nitrogens with one attached hydrogen (secondary N) is 2. The number of carbonyl (C=O) groups excluding carboxylic acids is 6. The first kappa shape index (κ1) is 34.8. The van der Waals surface area contributed by atoms with Crippen LogP contribution in [0.4, 0.5) is 4.79 Å². The van der Waals surface area contributed by atoms with E-state index in [0.29, 0.717) is 88.5 Å². The second kappa shape index (κ2) is 18.2. The number of hydroxylamine groups is 2. The summed E-state index contributed by atoms with van der Waals surface area (Å²) in [5.74, 6) is -2.06. The molecule has 2 heterocycles. The number of imide groups is 1. The van der Waals surface area contributed by atoms with Crippen LogP contribution in [0.1, 0.15) is 73.7 Å². The zero-order valence-electron chi connectivity index (χ0n) is 25.3. The fourth-order valence-corrected chi connectivity index (χ4v) is 4.92. The van der Waals surface area contributed by atoms with Crippen LogP contribution >= 0.6 is 0 Å². The van der Waals surface area contributed by atoms with E-state index < -0.39 is 29.9 Å². The first-order valence-corrected chi connectivity index (χ1v) is 15.2. The lowest BCUT2D eigenvalue weighted by Gasteiger charge is -2.34. The van der Waals surface area contributed by atoms with E-state index in [9.17, 15) is 28.8 Å². The number of unbranched alkanes of at least 4 members (excludes halogenated alkanes) is 3. The zero-order valence-corrected chi connectivity index (χ0v) is 25.3. The highest BCUT2D eigenvalue weighted by Crippen LogP contribution is 2.15. The fourth-order valence-electron chi connectivity index (χ4n) is 4.92. The van der Waals surface area contributed by atoms with Gasteiger partial charge in [-0.2, -0.15) is 0 Å². The Kier molecular flexibility index (Phi) is 14.1. The third kappa shape index (κ3) is 11.7. The number of rotatable bonds is 17. The highest BCUT2D eigenvalue weighted by Gasteiger charge is 2.34. The average Bonchev–Trinajstić information content (AvgIpc) is 3.34. The van der Waals surface area contributed by atoms with Crippen LogP contribution < -0.4 is 16.4 Å². The standard InChI is InChI=1S/C29H41N9O7/c30-27(42)23(6-3-5-15-33-35-31)34-24(39)7-2-1-4-14-32-28(43)22-10-8-21(9-11-22)20-36-16-18-37(19-17-36)29(44)45-38-25(40)12-13-26(38)41/h8-11,23H,1-7,12-20H2,(H2,30,42)(H,32,43)(H,34,39)/t23-/m0/s1. The molecule has 16 nitrogen and oxygen atoms in total. The van der Waals surface area contributed by atoms with E-state index in [0.717, 1.165) is 12.0 Å². The van der Waals surface area contributed by atoms with Crippen LogP contribution in [0.25, 0.3) is 10.4 Å². The van der Waals surface area contributed by atoms with Crippen molar-refractivity contribution in [2.24, 2.45) is 10.8 Å². The third-order valence-electron chi connectivity index (χ3n) is 7.54. The molecule has 0 spiro atoms. The highest BCUT2D eigenvalue weighted by molar-refractivity contribution is 6.01. The maximum absolute atomic E-state index is 12.5. The van der Waals surface area contributed by atoms with E-state index in [1.807, 2.05) is 12.1 Å². The average molecular weight is 628 g/mol. The lowest BCUT2D eigenvalue weighted by Crippen LogP contribution is -2.50. The molecule has 4 N–H and O–H groups in total. The molecule has 6 amide bonds. The number of hydrogen-bond acceptors (Lipinski definition) is 9. The highest BCUT2D eigenvalue weighted by atomic mass is 16.7. The minimum Gasteiger partial charge on any atom is -0.368 e. The molecule has 1 atom stereocenters. The molecule has 16 heteroatoms. The molecule has 0 radical (unpaired) electrons. The Morgan fingerprint density at radius 1 is 0.956 bits per heavy atom. The van der Waals surface area contributed by atoms with Gasteiger partial charge in [-0.1, -0.05) is 30.1 Å². The van der Waals surface area contributed by atoms with Gasteiger partial charge >= 0.3 is 6.09 Å². The number of benzene rings is 1. The number of amides is 6. The topological polar surface area (TPSA) is 220 Å². The van der Waals surface area contributed by atoms with Gasteiger partial charge in [0.15, 0.2) is 0 Å². The van der Waals surface area contributed by atoms with Gasteiger partial charge in [-0.3, -0.25) is 28.9 Å². The van der Waals surface area contributed by atoms with Crippen molar-refractivity contribution in [3.8, 4) is 0 Å². The molecule has 3 rings (SSSR count). The Bertz CT molecular complexity index is 1240. The summed E-state index contributed by atoms with van der Waals surface area (Å²) in [5.41, 5.74) is 15.2. The lowest BCUT2D eigenvalue weighted by molar-refractivity contribution is -0.174. The van der Waals surface area contributed by atoms with Crippen molar-refractivity contribution in [1.29, 1.82) is 0 Å². The third-order valence-corrected chi connectivity index (χ3v) is 7.54. The minimum atomic E-state index is -0.752. The molecular weight excluding hydrogens is 586 g/mol. The molecule has 45 heavy (non-hydrogen) atoms. The van der Waals surface area contributed by atoms with Gasteiger partial charge in [-0.05, 0) is 48.9 Å². The summed E-state index contributed by atoms with van der Waals surface area (Å²) < 4.78 is 0. The lowest BCUT2D eigenvalue weighted by atomic mass is 10.1. The van der Waals surface area contributed by atoms with E-state index in [-0.39, 0.29) is 31.1 Å². The normalized spacial score (nSPS) is 15.7. The van der Waals surface area contributed by atoms with Crippen LogP contribution in [0, 0.1) is 0 Å². The second-order valence-corrected chi connectivity index (χ2v) is 10.9. The number of carbonyl (C=O) groups is 6. The molecule has 0 aromatic heterocycles. The predicted octanol–water partition coefficient (Wildman–Crippen LogP) is 1.75. The summed E-state index contributed by atoms with van der Waals surface area (Å²) in [6.07, 6.45) is 3.25. The SMILES string of the molecule is [N-]=[N+]=NCCCC[C@H](NC(=O)CCCCCNC(=O)c1ccc(CN2CCN(C(=O)ON3C(=O)CCC3=O)CC2)cc1)C(N)=O. The van der Waals surface area contributed by atoms with E-state index in [1.54, 1.807) is 12.1 Å². The monoisotopic (exact) mass is 627 g/mol. The van der Waals surface area contributed by atoms with Gasteiger partial charge in [0.2, 0.25) is 11.8 Å². The van der Waals surface area contributed by atoms with E-state index in [1.165, 1.54) is 4.90 Å². The van der Waals surface area contributed by atoms with E-state index in [2.05, 4.69) is 25.6 Å². The number of piperazine rings is 1. The summed E-state index contributed by atoms with van der Waals surface area (Å²) in [7, 11) is 0. The number of nitrogens with zero attached hydrogens (tertiary/aromatic N) is 6. The van der Waals surface area contributed by atoms with E-state index >= 15 is 0 Å². The quantitative estimate of drug-likeness (QED) is 0.0757. The first-order valence-electron chi connectivity index (χ1n) is 15.2. The molecule has 0 bridgehead atoms. The van der Waals surface area contributed by atoms with Crippen molar-refractivity contribution < 1.29 is 33.6 Å². The Morgan fingerprint density at radius 2 is 1.64 bits per heavy atom. The summed E-state index contributed by atoms with van der Waals surface area (Å²) in [5, 5.41) is 9.53. The zero-order chi connectivity index (χ0) is 32.6. The van der Waals surface area contributed by atoms with Crippen LogP contribution in [0.15, 0.2) is 29.4 Å². The first-order chi connectivity index (χ1) is 21.7. The number of primary amides is 1. The molecule has 1 aromatic rings. The van der Waals surface area contributed by atoms with Gasteiger partial charge in [0.25, 0.3) is 17.7 Å². The molecule has 2 aliphatic rings. The maximum atomic E-state index is 12.5. The van der Waals surface area contributed by atoms with E-state index in [4.69, 9.17) is 16.1 Å². The van der Waals surface area contributed by atoms with Crippen molar-refractivity contribution >= 4 is 35.6 Å². The summed E-state index contributed by atoms with van der Waals surface area (Å²) in [4.78, 5) is 83.3. The van der Waals surface area contributed by atoms with Gasteiger partial charge in [0.1, 0.15) is 6.04 Å². The summed E-state index contributed by atoms with van der Waals surface area (Å²) >= 11 is 0. The Balaban J connectivity index is 1.27. The van der Waals surface area contributed by atoms with Gasteiger partial charge in [-0.25, -0.2) is 4.79 Å².